The molecule has 2 amide bonds. The van der Waals surface area contributed by atoms with Crippen molar-refractivity contribution >= 4 is 23.6 Å². The van der Waals surface area contributed by atoms with Crippen LogP contribution in [0.1, 0.15) is 44.7 Å². The van der Waals surface area contributed by atoms with Gasteiger partial charge in [0.1, 0.15) is 0 Å². The predicted octanol–water partition coefficient (Wildman–Crippen LogP) is 3.72. The number of rotatable bonds is 8. The first kappa shape index (κ1) is 20.9. The second kappa shape index (κ2) is 9.50. The lowest BCUT2D eigenvalue weighted by molar-refractivity contribution is -0.136. The van der Waals surface area contributed by atoms with Gasteiger partial charge in [0.15, 0.2) is 11.5 Å². The van der Waals surface area contributed by atoms with Crippen molar-refractivity contribution in [2.75, 3.05) is 20.8 Å². The number of unbranched alkanes of at least 4 members (excludes halogenated alkanes) is 1. The van der Waals surface area contributed by atoms with Crippen LogP contribution in [0.2, 0.25) is 5.02 Å². The number of carbonyl (C=O) groups excluding carboxylic acids is 2. The molecule has 0 saturated carbocycles. The van der Waals surface area contributed by atoms with Crippen molar-refractivity contribution in [3.05, 3.63) is 34.0 Å². The molecule has 0 bridgehead atoms. The van der Waals surface area contributed by atoms with Gasteiger partial charge in [0.2, 0.25) is 0 Å². The molecule has 2 N–H and O–H groups in total. The van der Waals surface area contributed by atoms with Gasteiger partial charge in [0.05, 0.1) is 37.5 Å². The van der Waals surface area contributed by atoms with E-state index in [-0.39, 0.29) is 6.03 Å². The molecule has 2 rings (SSSR count). The van der Waals surface area contributed by atoms with Crippen LogP contribution >= 0.6 is 11.6 Å². The van der Waals surface area contributed by atoms with E-state index in [4.69, 9.17) is 25.8 Å². The van der Waals surface area contributed by atoms with Crippen LogP contribution < -0.4 is 20.1 Å². The maximum absolute atomic E-state index is 12.5. The Hall–Kier alpha value is -2.41. The largest absolute Gasteiger partial charge is 0.493 e. The fourth-order valence-corrected chi connectivity index (χ4v) is 3.23. The first-order valence-corrected chi connectivity index (χ1v) is 9.23. The zero-order valence-electron chi connectivity index (χ0n) is 16.0. The first-order chi connectivity index (χ1) is 13.0. The van der Waals surface area contributed by atoms with Crippen LogP contribution in [-0.4, -0.2) is 32.8 Å². The van der Waals surface area contributed by atoms with Crippen LogP contribution in [0.4, 0.5) is 4.79 Å². The molecule has 1 aromatic carbocycles. The summed E-state index contributed by atoms with van der Waals surface area (Å²) in [4.78, 5) is 24.7. The third-order valence-electron chi connectivity index (χ3n) is 4.21. The highest BCUT2D eigenvalue weighted by molar-refractivity contribution is 6.32. The maximum Gasteiger partial charge on any atom is 0.337 e. The Morgan fingerprint density at radius 3 is 2.59 bits per heavy atom. The molecule has 1 aliphatic heterocycles. The lowest BCUT2D eigenvalue weighted by Gasteiger charge is -2.29. The molecule has 0 saturated heterocycles. The number of hydrogen-bond acceptors (Lipinski definition) is 5. The first-order valence-electron chi connectivity index (χ1n) is 8.85. The molecule has 1 atom stereocenters. The summed E-state index contributed by atoms with van der Waals surface area (Å²) in [5.74, 6) is 0.328. The van der Waals surface area contributed by atoms with Gasteiger partial charge < -0.3 is 24.8 Å². The number of halogens is 1. The van der Waals surface area contributed by atoms with Gasteiger partial charge in [0, 0.05) is 5.70 Å². The highest BCUT2D eigenvalue weighted by atomic mass is 35.5. The fourth-order valence-electron chi connectivity index (χ4n) is 2.96. The van der Waals surface area contributed by atoms with Crippen LogP contribution in [0.25, 0.3) is 0 Å². The van der Waals surface area contributed by atoms with E-state index in [0.29, 0.717) is 46.4 Å². The summed E-state index contributed by atoms with van der Waals surface area (Å²) >= 11 is 6.36. The maximum atomic E-state index is 12.5. The van der Waals surface area contributed by atoms with Gasteiger partial charge >= 0.3 is 12.0 Å². The number of methoxy groups -OCH3 is 2. The number of nitrogens with one attached hydrogen (secondary N) is 2. The molecule has 0 fully saturated rings. The zero-order valence-corrected chi connectivity index (χ0v) is 16.7. The van der Waals surface area contributed by atoms with E-state index < -0.39 is 12.0 Å². The molecule has 0 spiro atoms. The molecule has 1 aromatic rings. The Morgan fingerprint density at radius 2 is 2.00 bits per heavy atom. The molecule has 1 unspecified atom stereocenters. The Morgan fingerprint density at radius 1 is 1.26 bits per heavy atom. The average molecular weight is 397 g/mol. The normalized spacial score (nSPS) is 16.5. The molecule has 0 aromatic heterocycles. The van der Waals surface area contributed by atoms with Gasteiger partial charge in [-0.15, -0.1) is 0 Å². The Bertz CT molecular complexity index is 748. The van der Waals surface area contributed by atoms with Crippen LogP contribution in [0.15, 0.2) is 23.4 Å². The number of amides is 2. The SMILES string of the molecule is CCCCC1=C(C(=O)OC)C(c2cc(Cl)c(OCC)c(OC)c2)NC(=O)N1. The molecular formula is C19H25ClN2O5. The van der Waals surface area contributed by atoms with Crippen LogP contribution in [0, 0.1) is 0 Å². The van der Waals surface area contributed by atoms with Crippen molar-refractivity contribution in [1.82, 2.24) is 10.6 Å². The van der Waals surface area contributed by atoms with Crippen molar-refractivity contribution in [2.45, 2.75) is 39.2 Å². The lowest BCUT2D eigenvalue weighted by atomic mass is 9.93. The summed E-state index contributed by atoms with van der Waals surface area (Å²) in [5.41, 5.74) is 1.51. The van der Waals surface area contributed by atoms with E-state index in [9.17, 15) is 9.59 Å². The van der Waals surface area contributed by atoms with Crippen LogP contribution in [-0.2, 0) is 9.53 Å². The topological polar surface area (TPSA) is 85.9 Å². The van der Waals surface area contributed by atoms with Gasteiger partial charge in [0.25, 0.3) is 0 Å². The van der Waals surface area contributed by atoms with E-state index in [0.717, 1.165) is 12.8 Å². The summed E-state index contributed by atoms with van der Waals surface area (Å²) in [6, 6.07) is 2.27. The molecule has 148 valence electrons. The quantitative estimate of drug-likeness (QED) is 0.654. The van der Waals surface area contributed by atoms with Gasteiger partial charge in [-0.05, 0) is 37.5 Å². The predicted molar refractivity (Wildman–Crippen MR) is 102 cm³/mol. The molecule has 27 heavy (non-hydrogen) atoms. The van der Waals surface area contributed by atoms with Crippen molar-refractivity contribution in [2.24, 2.45) is 0 Å². The third-order valence-corrected chi connectivity index (χ3v) is 4.49. The molecule has 1 heterocycles. The number of carbonyl (C=O) groups is 2. The molecule has 0 radical (unpaired) electrons. The van der Waals surface area contributed by atoms with Gasteiger partial charge in [-0.25, -0.2) is 9.59 Å². The standard InChI is InChI=1S/C19H25ClN2O5/c1-5-7-8-13-15(18(23)26-4)16(22-19(24)21-13)11-9-12(20)17(27-6-2)14(10-11)25-3/h9-10,16H,5-8H2,1-4H3,(H2,21,22,24). The molecule has 7 nitrogen and oxygen atoms in total. The minimum Gasteiger partial charge on any atom is -0.493 e. The fraction of sp³-hybridized carbons (Fsp3) is 0.474. The Labute approximate surface area is 164 Å². The Kier molecular flexibility index (Phi) is 7.36. The molecule has 8 heteroatoms. The van der Waals surface area contributed by atoms with Gasteiger partial charge in [-0.2, -0.15) is 0 Å². The van der Waals surface area contributed by atoms with E-state index >= 15 is 0 Å². The number of benzene rings is 1. The average Bonchev–Trinajstić information content (AvgIpc) is 2.66. The number of hydrogen-bond donors (Lipinski definition) is 2. The molecular weight excluding hydrogens is 372 g/mol. The van der Waals surface area contributed by atoms with Crippen molar-refractivity contribution in [3.63, 3.8) is 0 Å². The number of ether oxygens (including phenoxy) is 3. The highest BCUT2D eigenvalue weighted by Gasteiger charge is 2.34. The monoisotopic (exact) mass is 396 g/mol. The van der Waals surface area contributed by atoms with Gasteiger partial charge in [-0.1, -0.05) is 24.9 Å². The van der Waals surface area contributed by atoms with E-state index in [1.165, 1.54) is 14.2 Å². The summed E-state index contributed by atoms with van der Waals surface area (Å²) in [6.07, 6.45) is 2.32. The van der Waals surface area contributed by atoms with Crippen molar-refractivity contribution in [1.29, 1.82) is 0 Å². The minimum absolute atomic E-state index is 0.332. The number of urea groups is 1. The van der Waals surface area contributed by atoms with Gasteiger partial charge in [-0.3, -0.25) is 0 Å². The zero-order chi connectivity index (χ0) is 20.0. The van der Waals surface area contributed by atoms with E-state index in [2.05, 4.69) is 10.6 Å². The minimum atomic E-state index is -0.708. The van der Waals surface area contributed by atoms with Crippen molar-refractivity contribution < 1.29 is 23.8 Å². The highest BCUT2D eigenvalue weighted by Crippen LogP contribution is 2.40. The third kappa shape index (κ3) is 4.66. The second-order valence-electron chi connectivity index (χ2n) is 5.99. The summed E-state index contributed by atoms with van der Waals surface area (Å²) in [7, 11) is 2.81. The smallest absolute Gasteiger partial charge is 0.337 e. The van der Waals surface area contributed by atoms with E-state index in [1.54, 1.807) is 12.1 Å². The number of allylic oxidation sites excluding steroid dienone is 1. The lowest BCUT2D eigenvalue weighted by Crippen LogP contribution is -2.45. The van der Waals surface area contributed by atoms with Crippen LogP contribution in [0.5, 0.6) is 11.5 Å². The molecule has 0 aliphatic carbocycles. The summed E-state index contributed by atoms with van der Waals surface area (Å²) < 4.78 is 15.9. The summed E-state index contributed by atoms with van der Waals surface area (Å²) in [6.45, 7) is 4.30. The van der Waals surface area contributed by atoms with Crippen LogP contribution in [0.3, 0.4) is 0 Å². The summed E-state index contributed by atoms with van der Waals surface area (Å²) in [5, 5.41) is 5.83. The second-order valence-corrected chi connectivity index (χ2v) is 6.39. The number of esters is 1. The Balaban J connectivity index is 2.57. The molecule has 1 aliphatic rings. The van der Waals surface area contributed by atoms with Crippen molar-refractivity contribution in [3.8, 4) is 11.5 Å². The van der Waals surface area contributed by atoms with E-state index in [1.807, 2.05) is 13.8 Å².